The molecule has 0 heterocycles. The Labute approximate surface area is 78.0 Å². The fourth-order valence-corrected chi connectivity index (χ4v) is 0.900. The molecule has 0 bridgehead atoms. The molecule has 0 fully saturated rings. The molecular weight excluding hydrogens is 170 g/mol. The summed E-state index contributed by atoms with van der Waals surface area (Å²) in [5.41, 5.74) is 1.77. The van der Waals surface area contributed by atoms with E-state index in [2.05, 4.69) is 12.2 Å². The third-order valence-electron chi connectivity index (χ3n) is 1.65. The predicted octanol–water partition coefficient (Wildman–Crippen LogP) is -0.327. The van der Waals surface area contributed by atoms with Crippen LogP contribution in [0.4, 0.5) is 0 Å². The zero-order valence-corrected chi connectivity index (χ0v) is 7.93. The van der Waals surface area contributed by atoms with E-state index in [1.165, 1.54) is 0 Å². The van der Waals surface area contributed by atoms with E-state index in [9.17, 15) is 9.59 Å². The Morgan fingerprint density at radius 2 is 1.85 bits per heavy atom. The number of amides is 2. The number of carbonyl (C=O) groups excluding carboxylic acids is 2. The molecule has 0 aromatic heterocycles. The van der Waals surface area contributed by atoms with Crippen LogP contribution in [0.1, 0.15) is 32.6 Å². The van der Waals surface area contributed by atoms with Gasteiger partial charge in [-0.25, -0.2) is 5.84 Å². The van der Waals surface area contributed by atoms with Crippen LogP contribution in [-0.4, -0.2) is 18.4 Å². The van der Waals surface area contributed by atoms with Gasteiger partial charge in [-0.05, 0) is 6.42 Å². The van der Waals surface area contributed by atoms with Gasteiger partial charge in [0, 0.05) is 6.54 Å². The number of nitrogens with one attached hydrogen (secondary N) is 2. The van der Waals surface area contributed by atoms with Crippen molar-refractivity contribution in [1.82, 2.24) is 10.7 Å². The maximum absolute atomic E-state index is 10.8. The molecule has 5 nitrogen and oxygen atoms in total. The molecule has 0 saturated carbocycles. The summed E-state index contributed by atoms with van der Waals surface area (Å²) in [5, 5.41) is 2.46. The molecule has 0 spiro atoms. The number of unbranched alkanes of at least 4 members (excludes halogenated alkanes) is 3. The largest absolute Gasteiger partial charge is 0.348 e. The van der Waals surface area contributed by atoms with Crippen LogP contribution in [0.5, 0.6) is 0 Å². The smallest absolute Gasteiger partial charge is 0.323 e. The van der Waals surface area contributed by atoms with Crippen molar-refractivity contribution in [2.45, 2.75) is 32.6 Å². The summed E-state index contributed by atoms with van der Waals surface area (Å²) in [7, 11) is 0. The second-order valence-electron chi connectivity index (χ2n) is 2.79. The van der Waals surface area contributed by atoms with E-state index < -0.39 is 11.8 Å². The van der Waals surface area contributed by atoms with Crippen molar-refractivity contribution in [1.29, 1.82) is 0 Å². The van der Waals surface area contributed by atoms with Gasteiger partial charge in [-0.2, -0.15) is 0 Å². The number of hydrazine groups is 1. The topological polar surface area (TPSA) is 84.2 Å². The Kier molecular flexibility index (Phi) is 6.91. The minimum Gasteiger partial charge on any atom is -0.348 e. The summed E-state index contributed by atoms with van der Waals surface area (Å²) >= 11 is 0. The van der Waals surface area contributed by atoms with Crippen molar-refractivity contribution in [2.75, 3.05) is 6.54 Å². The summed E-state index contributed by atoms with van der Waals surface area (Å²) in [6.07, 6.45) is 4.27. The number of hydrogen-bond acceptors (Lipinski definition) is 3. The van der Waals surface area contributed by atoms with Gasteiger partial charge in [-0.15, -0.1) is 0 Å². The van der Waals surface area contributed by atoms with E-state index in [4.69, 9.17) is 5.84 Å². The lowest BCUT2D eigenvalue weighted by molar-refractivity contribution is -0.139. The molecule has 2 amide bonds. The summed E-state index contributed by atoms with van der Waals surface area (Å²) < 4.78 is 0. The highest BCUT2D eigenvalue weighted by Gasteiger charge is 2.09. The lowest BCUT2D eigenvalue weighted by Crippen LogP contribution is -2.43. The highest BCUT2D eigenvalue weighted by Crippen LogP contribution is 1.96. The molecule has 0 atom stereocenters. The van der Waals surface area contributed by atoms with Crippen molar-refractivity contribution in [3.05, 3.63) is 0 Å². The fourth-order valence-electron chi connectivity index (χ4n) is 0.900. The van der Waals surface area contributed by atoms with Gasteiger partial charge in [-0.1, -0.05) is 26.2 Å². The molecule has 5 heteroatoms. The van der Waals surface area contributed by atoms with Gasteiger partial charge in [0.05, 0.1) is 0 Å². The first-order chi connectivity index (χ1) is 6.22. The monoisotopic (exact) mass is 187 g/mol. The van der Waals surface area contributed by atoms with Gasteiger partial charge in [0.25, 0.3) is 0 Å². The van der Waals surface area contributed by atoms with Gasteiger partial charge >= 0.3 is 11.8 Å². The van der Waals surface area contributed by atoms with Gasteiger partial charge in [-0.3, -0.25) is 15.0 Å². The van der Waals surface area contributed by atoms with Gasteiger partial charge in [0.15, 0.2) is 0 Å². The lowest BCUT2D eigenvalue weighted by atomic mass is 10.2. The quantitative estimate of drug-likeness (QED) is 0.181. The molecular formula is C8H17N3O2. The first-order valence-electron chi connectivity index (χ1n) is 4.51. The predicted molar refractivity (Wildman–Crippen MR) is 49.5 cm³/mol. The van der Waals surface area contributed by atoms with E-state index in [0.29, 0.717) is 6.54 Å². The Bertz CT molecular complexity index is 171. The number of hydrogen-bond donors (Lipinski definition) is 3. The molecule has 0 radical (unpaired) electrons. The van der Waals surface area contributed by atoms with Gasteiger partial charge in [0.2, 0.25) is 0 Å². The van der Waals surface area contributed by atoms with Crippen LogP contribution in [0.2, 0.25) is 0 Å². The van der Waals surface area contributed by atoms with Crippen LogP contribution in [0.15, 0.2) is 0 Å². The SMILES string of the molecule is CCCCCCNC(=O)C(=O)NN. The third kappa shape index (κ3) is 6.10. The van der Waals surface area contributed by atoms with E-state index in [1.54, 1.807) is 5.43 Å². The van der Waals surface area contributed by atoms with Crippen LogP contribution in [0.25, 0.3) is 0 Å². The van der Waals surface area contributed by atoms with E-state index in [0.717, 1.165) is 25.7 Å². The van der Waals surface area contributed by atoms with E-state index in [1.807, 2.05) is 0 Å². The molecule has 0 aliphatic carbocycles. The average molecular weight is 187 g/mol. The molecule has 0 aromatic rings. The van der Waals surface area contributed by atoms with Crippen LogP contribution in [0.3, 0.4) is 0 Å². The molecule has 4 N–H and O–H groups in total. The highest BCUT2D eigenvalue weighted by atomic mass is 16.2. The first-order valence-corrected chi connectivity index (χ1v) is 4.51. The Morgan fingerprint density at radius 1 is 1.15 bits per heavy atom. The molecule has 0 aromatic carbocycles. The third-order valence-corrected chi connectivity index (χ3v) is 1.65. The molecule has 0 aliphatic heterocycles. The Balaban J connectivity index is 3.32. The van der Waals surface area contributed by atoms with Gasteiger partial charge in [0.1, 0.15) is 0 Å². The molecule has 0 rings (SSSR count). The summed E-state index contributed by atoms with van der Waals surface area (Å²) in [4.78, 5) is 21.4. The summed E-state index contributed by atoms with van der Waals surface area (Å²) in [6, 6.07) is 0. The first kappa shape index (κ1) is 11.9. The zero-order valence-electron chi connectivity index (χ0n) is 7.93. The summed E-state index contributed by atoms with van der Waals surface area (Å²) in [5.74, 6) is 3.30. The van der Waals surface area contributed by atoms with Crippen LogP contribution >= 0.6 is 0 Å². The number of rotatable bonds is 5. The number of carbonyl (C=O) groups is 2. The van der Waals surface area contributed by atoms with Crippen LogP contribution < -0.4 is 16.6 Å². The second-order valence-corrected chi connectivity index (χ2v) is 2.79. The van der Waals surface area contributed by atoms with Crippen LogP contribution in [-0.2, 0) is 9.59 Å². The maximum atomic E-state index is 10.8. The lowest BCUT2D eigenvalue weighted by Gasteiger charge is -2.02. The fraction of sp³-hybridized carbons (Fsp3) is 0.750. The molecule has 0 saturated heterocycles. The maximum Gasteiger partial charge on any atom is 0.323 e. The summed E-state index contributed by atoms with van der Waals surface area (Å²) in [6.45, 7) is 2.65. The number of nitrogens with two attached hydrogens (primary N) is 1. The zero-order chi connectivity index (χ0) is 10.1. The minimum absolute atomic E-state index is 0.534. The average Bonchev–Trinajstić information content (AvgIpc) is 2.16. The van der Waals surface area contributed by atoms with Crippen molar-refractivity contribution in [2.24, 2.45) is 5.84 Å². The second kappa shape index (κ2) is 7.54. The van der Waals surface area contributed by atoms with Crippen molar-refractivity contribution >= 4 is 11.8 Å². The Hall–Kier alpha value is -1.10. The van der Waals surface area contributed by atoms with Crippen molar-refractivity contribution in [3.8, 4) is 0 Å². The normalized spacial score (nSPS) is 9.38. The highest BCUT2D eigenvalue weighted by molar-refractivity contribution is 6.34. The minimum atomic E-state index is -0.796. The van der Waals surface area contributed by atoms with E-state index >= 15 is 0 Å². The molecule has 0 aliphatic rings. The van der Waals surface area contributed by atoms with Crippen LogP contribution in [0, 0.1) is 0 Å². The van der Waals surface area contributed by atoms with Crippen molar-refractivity contribution in [3.63, 3.8) is 0 Å². The molecule has 13 heavy (non-hydrogen) atoms. The van der Waals surface area contributed by atoms with E-state index in [-0.39, 0.29) is 0 Å². The van der Waals surface area contributed by atoms with Gasteiger partial charge < -0.3 is 5.32 Å². The van der Waals surface area contributed by atoms with Crippen molar-refractivity contribution < 1.29 is 9.59 Å². The standard InChI is InChI=1S/C8H17N3O2/c1-2-3-4-5-6-10-7(12)8(13)11-9/h2-6,9H2,1H3,(H,10,12)(H,11,13). The molecule has 0 unspecified atom stereocenters. The molecule has 76 valence electrons. The Morgan fingerprint density at radius 3 is 2.38 bits per heavy atom.